The molecule has 2 unspecified atom stereocenters. The lowest BCUT2D eigenvalue weighted by atomic mass is 9.91. The standard InChI is InChI=1S/C12H26N2/c1-5-12(6-2,9-13)14(4)8-11-7-10(11)3/h10-11H,5-9,13H2,1-4H3. The van der Waals surface area contributed by atoms with Crippen molar-refractivity contribution in [1.29, 1.82) is 0 Å². The molecule has 2 N–H and O–H groups in total. The van der Waals surface area contributed by atoms with E-state index in [1.165, 1.54) is 13.0 Å². The first-order chi connectivity index (χ1) is 6.59. The Balaban J connectivity index is 2.49. The van der Waals surface area contributed by atoms with Gasteiger partial charge >= 0.3 is 0 Å². The number of rotatable bonds is 6. The number of likely N-dealkylation sites (N-methyl/N-ethyl adjacent to an activating group) is 1. The Morgan fingerprint density at radius 2 is 1.86 bits per heavy atom. The Morgan fingerprint density at radius 1 is 1.36 bits per heavy atom. The maximum Gasteiger partial charge on any atom is 0.0323 e. The molecule has 2 heteroatoms. The smallest absolute Gasteiger partial charge is 0.0323 e. The molecule has 0 aromatic rings. The summed E-state index contributed by atoms with van der Waals surface area (Å²) in [7, 11) is 2.24. The van der Waals surface area contributed by atoms with Crippen LogP contribution >= 0.6 is 0 Å². The molecule has 0 aliphatic heterocycles. The summed E-state index contributed by atoms with van der Waals surface area (Å²) in [5.74, 6) is 1.88. The van der Waals surface area contributed by atoms with Gasteiger partial charge in [-0.05, 0) is 38.1 Å². The second-order valence-corrected chi connectivity index (χ2v) is 4.99. The predicted molar refractivity (Wildman–Crippen MR) is 62.3 cm³/mol. The molecule has 0 bridgehead atoms. The third kappa shape index (κ3) is 2.29. The van der Waals surface area contributed by atoms with Gasteiger partial charge in [0.05, 0.1) is 0 Å². The lowest BCUT2D eigenvalue weighted by Crippen LogP contribution is -2.52. The topological polar surface area (TPSA) is 29.3 Å². The Bertz CT molecular complexity index is 167. The molecule has 0 radical (unpaired) electrons. The van der Waals surface area contributed by atoms with Crippen LogP contribution in [-0.2, 0) is 0 Å². The summed E-state index contributed by atoms with van der Waals surface area (Å²) < 4.78 is 0. The van der Waals surface area contributed by atoms with Gasteiger partial charge in [-0.2, -0.15) is 0 Å². The maximum absolute atomic E-state index is 5.92. The molecule has 0 heterocycles. The van der Waals surface area contributed by atoms with Gasteiger partial charge in [0.1, 0.15) is 0 Å². The molecule has 1 rings (SSSR count). The van der Waals surface area contributed by atoms with Gasteiger partial charge in [0.15, 0.2) is 0 Å². The zero-order valence-corrected chi connectivity index (χ0v) is 10.2. The summed E-state index contributed by atoms with van der Waals surface area (Å²) in [6.07, 6.45) is 3.74. The van der Waals surface area contributed by atoms with Gasteiger partial charge in [-0.25, -0.2) is 0 Å². The molecular weight excluding hydrogens is 172 g/mol. The lowest BCUT2D eigenvalue weighted by Gasteiger charge is -2.40. The molecule has 2 atom stereocenters. The first-order valence-electron chi connectivity index (χ1n) is 6.01. The first-order valence-corrected chi connectivity index (χ1v) is 6.01. The van der Waals surface area contributed by atoms with E-state index in [0.29, 0.717) is 0 Å². The minimum Gasteiger partial charge on any atom is -0.329 e. The van der Waals surface area contributed by atoms with Crippen molar-refractivity contribution in [2.45, 2.75) is 45.6 Å². The van der Waals surface area contributed by atoms with Gasteiger partial charge in [-0.1, -0.05) is 20.8 Å². The lowest BCUT2D eigenvalue weighted by molar-refractivity contribution is 0.109. The van der Waals surface area contributed by atoms with Crippen LogP contribution in [0.15, 0.2) is 0 Å². The van der Waals surface area contributed by atoms with Gasteiger partial charge in [0.2, 0.25) is 0 Å². The molecule has 0 saturated heterocycles. The molecular formula is C12H26N2. The van der Waals surface area contributed by atoms with Crippen molar-refractivity contribution < 1.29 is 0 Å². The molecule has 14 heavy (non-hydrogen) atoms. The Morgan fingerprint density at radius 3 is 2.14 bits per heavy atom. The largest absolute Gasteiger partial charge is 0.329 e. The number of nitrogens with zero attached hydrogens (tertiary/aromatic N) is 1. The summed E-state index contributed by atoms with van der Waals surface area (Å²) in [6, 6.07) is 0. The monoisotopic (exact) mass is 198 g/mol. The molecule has 0 aromatic heterocycles. The summed E-state index contributed by atoms with van der Waals surface area (Å²) >= 11 is 0. The van der Waals surface area contributed by atoms with Crippen LogP contribution in [-0.4, -0.2) is 30.6 Å². The van der Waals surface area contributed by atoms with E-state index >= 15 is 0 Å². The molecule has 0 spiro atoms. The van der Waals surface area contributed by atoms with Crippen molar-refractivity contribution in [2.24, 2.45) is 17.6 Å². The van der Waals surface area contributed by atoms with E-state index in [0.717, 1.165) is 31.2 Å². The van der Waals surface area contributed by atoms with Crippen LogP contribution in [0.2, 0.25) is 0 Å². The quantitative estimate of drug-likeness (QED) is 0.708. The number of hydrogen-bond acceptors (Lipinski definition) is 2. The second kappa shape index (κ2) is 4.63. The van der Waals surface area contributed by atoms with Crippen molar-refractivity contribution in [2.75, 3.05) is 20.1 Å². The fraction of sp³-hybridized carbons (Fsp3) is 1.00. The van der Waals surface area contributed by atoms with Crippen molar-refractivity contribution in [3.8, 4) is 0 Å². The number of hydrogen-bond donors (Lipinski definition) is 1. The van der Waals surface area contributed by atoms with Crippen LogP contribution in [0.3, 0.4) is 0 Å². The molecule has 1 aliphatic rings. The van der Waals surface area contributed by atoms with Gasteiger partial charge in [-0.15, -0.1) is 0 Å². The van der Waals surface area contributed by atoms with E-state index < -0.39 is 0 Å². The fourth-order valence-electron chi connectivity index (χ4n) is 2.43. The van der Waals surface area contributed by atoms with E-state index in [1.807, 2.05) is 0 Å². The van der Waals surface area contributed by atoms with Crippen LogP contribution in [0.5, 0.6) is 0 Å². The minimum atomic E-state index is 0.252. The second-order valence-electron chi connectivity index (χ2n) is 4.99. The van der Waals surface area contributed by atoms with Crippen molar-refractivity contribution in [3.05, 3.63) is 0 Å². The van der Waals surface area contributed by atoms with Crippen LogP contribution < -0.4 is 5.73 Å². The van der Waals surface area contributed by atoms with E-state index in [4.69, 9.17) is 5.73 Å². The molecule has 0 aromatic carbocycles. The minimum absolute atomic E-state index is 0.252. The van der Waals surface area contributed by atoms with E-state index in [1.54, 1.807) is 0 Å². The molecule has 0 amide bonds. The summed E-state index contributed by atoms with van der Waals surface area (Å²) in [5, 5.41) is 0. The van der Waals surface area contributed by atoms with Crippen LogP contribution in [0, 0.1) is 11.8 Å². The van der Waals surface area contributed by atoms with Gasteiger partial charge in [0, 0.05) is 18.6 Å². The van der Waals surface area contributed by atoms with Crippen molar-refractivity contribution >= 4 is 0 Å². The molecule has 1 aliphatic carbocycles. The van der Waals surface area contributed by atoms with Crippen LogP contribution in [0.4, 0.5) is 0 Å². The Kier molecular flexibility index (Phi) is 3.96. The number of nitrogens with two attached hydrogens (primary N) is 1. The highest BCUT2D eigenvalue weighted by Gasteiger charge is 2.37. The molecule has 1 saturated carbocycles. The summed E-state index contributed by atoms with van der Waals surface area (Å²) in [4.78, 5) is 2.50. The van der Waals surface area contributed by atoms with Gasteiger partial charge in [0.25, 0.3) is 0 Å². The first kappa shape index (κ1) is 12.0. The van der Waals surface area contributed by atoms with E-state index in [2.05, 4.69) is 32.7 Å². The normalized spacial score (nSPS) is 27.0. The predicted octanol–water partition coefficient (Wildman–Crippen LogP) is 2.09. The van der Waals surface area contributed by atoms with Crippen molar-refractivity contribution in [3.63, 3.8) is 0 Å². The van der Waals surface area contributed by atoms with E-state index in [-0.39, 0.29) is 5.54 Å². The van der Waals surface area contributed by atoms with Crippen molar-refractivity contribution in [1.82, 2.24) is 4.90 Å². The third-order valence-corrected chi connectivity index (χ3v) is 4.29. The SMILES string of the molecule is CCC(CC)(CN)N(C)CC1CC1C. The molecule has 84 valence electrons. The van der Waals surface area contributed by atoms with Crippen LogP contribution in [0.25, 0.3) is 0 Å². The highest BCUT2D eigenvalue weighted by atomic mass is 15.2. The zero-order valence-electron chi connectivity index (χ0n) is 10.2. The Labute approximate surface area is 88.8 Å². The van der Waals surface area contributed by atoms with E-state index in [9.17, 15) is 0 Å². The Hall–Kier alpha value is -0.0800. The molecule has 1 fully saturated rings. The summed E-state index contributed by atoms with van der Waals surface area (Å²) in [6.45, 7) is 8.88. The van der Waals surface area contributed by atoms with Gasteiger partial charge < -0.3 is 5.73 Å². The molecule has 2 nitrogen and oxygen atoms in total. The average Bonchev–Trinajstić information content (AvgIpc) is 2.85. The third-order valence-electron chi connectivity index (χ3n) is 4.29. The fourth-order valence-corrected chi connectivity index (χ4v) is 2.43. The average molecular weight is 198 g/mol. The maximum atomic E-state index is 5.92. The summed E-state index contributed by atoms with van der Waals surface area (Å²) in [5.41, 5.74) is 6.17. The van der Waals surface area contributed by atoms with Gasteiger partial charge in [-0.3, -0.25) is 4.90 Å². The zero-order chi connectivity index (χ0) is 10.8. The highest BCUT2D eigenvalue weighted by Crippen LogP contribution is 2.39. The van der Waals surface area contributed by atoms with Crippen LogP contribution in [0.1, 0.15) is 40.0 Å². The highest BCUT2D eigenvalue weighted by molar-refractivity contribution is 4.92.